The molecule has 0 saturated carbocycles. The van der Waals surface area contributed by atoms with E-state index in [1.165, 1.54) is 6.07 Å². The highest BCUT2D eigenvalue weighted by atomic mass is 19.4. The van der Waals surface area contributed by atoms with Crippen LogP contribution < -0.4 is 20.4 Å². The number of hydrogen-bond acceptors (Lipinski definition) is 3. The van der Waals surface area contributed by atoms with Crippen molar-refractivity contribution in [3.8, 4) is 0 Å². The van der Waals surface area contributed by atoms with Crippen LogP contribution in [0, 0.1) is 0 Å². The molecule has 0 unspecified atom stereocenters. The summed E-state index contributed by atoms with van der Waals surface area (Å²) < 4.78 is 38.7. The van der Waals surface area contributed by atoms with Gasteiger partial charge < -0.3 is 15.1 Å². The van der Waals surface area contributed by atoms with Crippen LogP contribution >= 0.6 is 0 Å². The van der Waals surface area contributed by atoms with Crippen molar-refractivity contribution in [1.29, 1.82) is 0 Å². The lowest BCUT2D eigenvalue weighted by atomic mass is 10.1. The molecule has 3 rings (SSSR count). The third-order valence-electron chi connectivity index (χ3n) is 4.97. The molecule has 0 atom stereocenters. The summed E-state index contributed by atoms with van der Waals surface area (Å²) in [4.78, 5) is 26.8. The molecule has 1 fully saturated rings. The van der Waals surface area contributed by atoms with Crippen molar-refractivity contribution in [3.63, 3.8) is 0 Å². The first kappa shape index (κ1) is 21.6. The Morgan fingerprint density at radius 1 is 1.00 bits per heavy atom. The third-order valence-corrected chi connectivity index (χ3v) is 4.97. The van der Waals surface area contributed by atoms with Gasteiger partial charge in [0, 0.05) is 12.2 Å². The number of rotatable bonds is 5. The van der Waals surface area contributed by atoms with Crippen molar-refractivity contribution in [2.24, 2.45) is 0 Å². The van der Waals surface area contributed by atoms with Crippen molar-refractivity contribution < 1.29 is 27.7 Å². The number of quaternary nitrogens is 1. The minimum absolute atomic E-state index is 0.134. The molecule has 3 N–H and O–H groups in total. The van der Waals surface area contributed by atoms with Crippen LogP contribution in [0.15, 0.2) is 54.6 Å². The van der Waals surface area contributed by atoms with Gasteiger partial charge in [-0.1, -0.05) is 36.4 Å². The van der Waals surface area contributed by atoms with E-state index in [1.807, 2.05) is 35.2 Å². The summed E-state index contributed by atoms with van der Waals surface area (Å²) >= 11 is 0. The second-order valence-electron chi connectivity index (χ2n) is 7.18. The van der Waals surface area contributed by atoms with Gasteiger partial charge in [0.15, 0.2) is 6.54 Å². The van der Waals surface area contributed by atoms with Gasteiger partial charge in [0.05, 0.1) is 31.7 Å². The van der Waals surface area contributed by atoms with E-state index in [2.05, 4.69) is 10.6 Å². The predicted octanol–water partition coefficient (Wildman–Crippen LogP) is 1.44. The summed E-state index contributed by atoms with van der Waals surface area (Å²) in [5.74, 6) is -0.386. The molecule has 0 radical (unpaired) electrons. The molecule has 0 bridgehead atoms. The molecule has 0 spiro atoms. The number of imide groups is 1. The molecular formula is C21H24F3N4O2+. The molecule has 2 aromatic rings. The van der Waals surface area contributed by atoms with E-state index < -0.39 is 17.8 Å². The number of piperazine rings is 1. The maximum Gasteiger partial charge on any atom is 0.416 e. The fourth-order valence-electron chi connectivity index (χ4n) is 3.36. The maximum atomic E-state index is 12.9. The Morgan fingerprint density at radius 2 is 1.70 bits per heavy atom. The van der Waals surface area contributed by atoms with Crippen LogP contribution in [0.3, 0.4) is 0 Å². The zero-order valence-corrected chi connectivity index (χ0v) is 16.3. The number of alkyl halides is 3. The van der Waals surface area contributed by atoms with Gasteiger partial charge in [-0.2, -0.15) is 13.2 Å². The average molecular weight is 421 g/mol. The van der Waals surface area contributed by atoms with Crippen LogP contribution in [0.4, 0.5) is 23.7 Å². The summed E-state index contributed by atoms with van der Waals surface area (Å²) in [6, 6.07) is 14.1. The van der Waals surface area contributed by atoms with Crippen LogP contribution in [-0.2, 0) is 17.5 Å². The van der Waals surface area contributed by atoms with Crippen molar-refractivity contribution in [2.75, 3.05) is 37.6 Å². The molecule has 30 heavy (non-hydrogen) atoms. The maximum absolute atomic E-state index is 12.9. The fraction of sp³-hybridized carbons (Fsp3) is 0.333. The van der Waals surface area contributed by atoms with Crippen LogP contribution in [0.25, 0.3) is 0 Å². The number of urea groups is 1. The first-order valence-electron chi connectivity index (χ1n) is 9.68. The van der Waals surface area contributed by atoms with Gasteiger partial charge in [-0.05, 0) is 23.8 Å². The number of halogens is 3. The van der Waals surface area contributed by atoms with E-state index in [0.717, 1.165) is 22.6 Å². The predicted molar refractivity (Wildman–Crippen MR) is 106 cm³/mol. The highest BCUT2D eigenvalue weighted by Crippen LogP contribution is 2.31. The van der Waals surface area contributed by atoms with Gasteiger partial charge >= 0.3 is 12.2 Å². The minimum atomic E-state index is -4.37. The van der Waals surface area contributed by atoms with E-state index >= 15 is 0 Å². The van der Waals surface area contributed by atoms with Gasteiger partial charge in [-0.3, -0.25) is 10.1 Å². The Morgan fingerprint density at radius 3 is 2.37 bits per heavy atom. The molecule has 1 heterocycles. The molecule has 0 aliphatic carbocycles. The normalized spacial score (nSPS) is 15.0. The quantitative estimate of drug-likeness (QED) is 0.685. The summed E-state index contributed by atoms with van der Waals surface area (Å²) in [6.45, 7) is 2.70. The first-order valence-corrected chi connectivity index (χ1v) is 9.68. The van der Waals surface area contributed by atoms with Gasteiger partial charge in [-0.15, -0.1) is 0 Å². The van der Waals surface area contributed by atoms with E-state index in [0.29, 0.717) is 38.4 Å². The van der Waals surface area contributed by atoms with E-state index in [-0.39, 0.29) is 12.5 Å². The Kier molecular flexibility index (Phi) is 6.94. The first-order chi connectivity index (χ1) is 14.3. The lowest BCUT2D eigenvalue weighted by Crippen LogP contribution is -3.16. The molecule has 2 aromatic carbocycles. The van der Waals surface area contributed by atoms with Gasteiger partial charge in [0.1, 0.15) is 0 Å². The zero-order chi connectivity index (χ0) is 21.6. The van der Waals surface area contributed by atoms with Crippen LogP contribution in [0.2, 0.25) is 0 Å². The highest BCUT2D eigenvalue weighted by molar-refractivity contribution is 5.94. The minimum Gasteiger partial charge on any atom is -0.360 e. The lowest BCUT2D eigenvalue weighted by Gasteiger charge is -2.33. The largest absolute Gasteiger partial charge is 0.416 e. The fourth-order valence-corrected chi connectivity index (χ4v) is 3.36. The SMILES string of the molecule is O=C(C[NH+]1CCN(c2cccc(C(F)(F)F)c2)CC1)NC(=O)NCc1ccccc1. The number of benzene rings is 2. The van der Waals surface area contributed by atoms with E-state index in [4.69, 9.17) is 0 Å². The number of anilines is 1. The number of nitrogens with one attached hydrogen (secondary N) is 3. The summed E-state index contributed by atoms with van der Waals surface area (Å²) in [5.41, 5.74) is 0.778. The van der Waals surface area contributed by atoms with Crippen molar-refractivity contribution in [3.05, 3.63) is 65.7 Å². The molecule has 1 aliphatic rings. The average Bonchev–Trinajstić information content (AvgIpc) is 2.73. The van der Waals surface area contributed by atoms with Crippen LogP contribution in [0.5, 0.6) is 0 Å². The Bertz CT molecular complexity index is 866. The standard InChI is InChI=1S/C21H23F3N4O2/c22-21(23,24)17-7-4-8-18(13-17)28-11-9-27(10-12-28)15-19(29)26-20(30)25-14-16-5-2-1-3-6-16/h1-8,13H,9-12,14-15H2,(H2,25,26,29,30)/p+1. The number of carbonyl (C=O) groups excluding carboxylic acids is 2. The molecule has 1 aliphatic heterocycles. The monoisotopic (exact) mass is 421 g/mol. The second-order valence-corrected chi connectivity index (χ2v) is 7.18. The van der Waals surface area contributed by atoms with Gasteiger partial charge in [0.25, 0.3) is 5.91 Å². The van der Waals surface area contributed by atoms with E-state index in [1.54, 1.807) is 6.07 Å². The molecule has 3 amide bonds. The summed E-state index contributed by atoms with van der Waals surface area (Å²) in [6.07, 6.45) is -4.37. The number of hydrogen-bond donors (Lipinski definition) is 3. The van der Waals surface area contributed by atoms with Crippen LogP contribution in [0.1, 0.15) is 11.1 Å². The van der Waals surface area contributed by atoms with Crippen molar-refractivity contribution >= 4 is 17.6 Å². The molecule has 1 saturated heterocycles. The van der Waals surface area contributed by atoms with Gasteiger partial charge in [0.2, 0.25) is 0 Å². The Balaban J connectivity index is 1.42. The summed E-state index contributed by atoms with van der Waals surface area (Å²) in [7, 11) is 0. The third kappa shape index (κ3) is 6.21. The second kappa shape index (κ2) is 9.62. The smallest absolute Gasteiger partial charge is 0.360 e. The summed E-state index contributed by atoms with van der Waals surface area (Å²) in [5, 5.41) is 4.95. The highest BCUT2D eigenvalue weighted by Gasteiger charge is 2.31. The topological polar surface area (TPSA) is 65.9 Å². The molecule has 0 aromatic heterocycles. The van der Waals surface area contributed by atoms with Gasteiger partial charge in [-0.25, -0.2) is 4.79 Å². The van der Waals surface area contributed by atoms with Crippen LogP contribution in [-0.4, -0.2) is 44.7 Å². The Labute approximate surface area is 172 Å². The molecule has 9 heteroatoms. The number of nitrogens with zero attached hydrogens (tertiary/aromatic N) is 1. The zero-order valence-electron chi connectivity index (χ0n) is 16.3. The molecular weight excluding hydrogens is 397 g/mol. The van der Waals surface area contributed by atoms with E-state index in [9.17, 15) is 22.8 Å². The molecule has 160 valence electrons. The lowest BCUT2D eigenvalue weighted by molar-refractivity contribution is -0.892. The Hall–Kier alpha value is -3.07. The van der Waals surface area contributed by atoms with Crippen molar-refractivity contribution in [1.82, 2.24) is 10.6 Å². The number of amides is 3. The number of carbonyl (C=O) groups is 2. The van der Waals surface area contributed by atoms with Crippen molar-refractivity contribution in [2.45, 2.75) is 12.7 Å². The molecule has 6 nitrogen and oxygen atoms in total.